The zero-order chi connectivity index (χ0) is 21.1. The van der Waals surface area contributed by atoms with Crippen LogP contribution in [0, 0.1) is 13.8 Å². The van der Waals surface area contributed by atoms with Crippen LogP contribution in [0.3, 0.4) is 0 Å². The minimum atomic E-state index is -0.282. The molecule has 4 aromatic rings. The molecular weight excluding hydrogens is 396 g/mol. The number of nitrogens with zero attached hydrogens (tertiary/aromatic N) is 3. The predicted octanol–water partition coefficient (Wildman–Crippen LogP) is 5.13. The molecule has 2 aromatic heterocycles. The van der Waals surface area contributed by atoms with Crippen LogP contribution in [-0.2, 0) is 4.79 Å². The number of fused-ring (bicyclic) bond motifs is 1. The highest BCUT2D eigenvalue weighted by molar-refractivity contribution is 7.15. The van der Waals surface area contributed by atoms with Gasteiger partial charge >= 0.3 is 0 Å². The molecule has 0 aliphatic heterocycles. The van der Waals surface area contributed by atoms with E-state index in [2.05, 4.69) is 47.4 Å². The van der Waals surface area contributed by atoms with E-state index in [1.807, 2.05) is 36.6 Å². The number of hydrogen-bond donors (Lipinski definition) is 1. The van der Waals surface area contributed by atoms with Gasteiger partial charge in [0.25, 0.3) is 11.9 Å². The lowest BCUT2D eigenvalue weighted by Crippen LogP contribution is -2.09. The number of carbonyl (C=O) groups excluding carboxylic acids is 1. The van der Waals surface area contributed by atoms with E-state index in [0.29, 0.717) is 6.61 Å². The van der Waals surface area contributed by atoms with Gasteiger partial charge in [0.2, 0.25) is 4.96 Å². The van der Waals surface area contributed by atoms with Crippen molar-refractivity contribution in [1.29, 1.82) is 0 Å². The van der Waals surface area contributed by atoms with E-state index in [4.69, 9.17) is 4.74 Å². The average Bonchev–Trinajstić information content (AvgIpc) is 3.28. The van der Waals surface area contributed by atoms with Crippen LogP contribution >= 0.6 is 11.3 Å². The topological polar surface area (TPSA) is 68.5 Å². The molecule has 0 bridgehead atoms. The van der Waals surface area contributed by atoms with Gasteiger partial charge in [-0.1, -0.05) is 35.9 Å². The Morgan fingerprint density at radius 2 is 2.00 bits per heavy atom. The number of anilines is 1. The molecule has 0 spiro atoms. The quantitative estimate of drug-likeness (QED) is 0.441. The monoisotopic (exact) mass is 418 g/mol. The van der Waals surface area contributed by atoms with E-state index >= 15 is 0 Å². The van der Waals surface area contributed by atoms with Crippen molar-refractivity contribution < 1.29 is 9.53 Å². The molecule has 0 fully saturated rings. The van der Waals surface area contributed by atoms with Crippen LogP contribution < -0.4 is 10.1 Å². The fraction of sp³-hybridized carbons (Fsp3) is 0.174. The first-order valence-electron chi connectivity index (χ1n) is 9.67. The molecule has 2 heterocycles. The number of amides is 1. The Kier molecular flexibility index (Phi) is 5.63. The first kappa shape index (κ1) is 19.8. The van der Waals surface area contributed by atoms with Crippen LogP contribution in [0.2, 0.25) is 0 Å². The summed E-state index contributed by atoms with van der Waals surface area (Å²) >= 11 is 1.49. The van der Waals surface area contributed by atoms with E-state index in [1.54, 1.807) is 10.6 Å². The maximum Gasteiger partial charge on any atom is 0.250 e. The lowest BCUT2D eigenvalue weighted by molar-refractivity contribution is -0.111. The van der Waals surface area contributed by atoms with Crippen molar-refractivity contribution in [2.75, 3.05) is 11.9 Å². The number of aryl methyl sites for hydroxylation is 2. The van der Waals surface area contributed by atoms with Gasteiger partial charge in [-0.15, -0.1) is 16.4 Å². The van der Waals surface area contributed by atoms with Gasteiger partial charge in [0.15, 0.2) is 0 Å². The van der Waals surface area contributed by atoms with E-state index in [0.717, 1.165) is 27.5 Å². The molecule has 1 amide bonds. The maximum absolute atomic E-state index is 12.3. The van der Waals surface area contributed by atoms with Crippen LogP contribution in [0.5, 0.6) is 5.75 Å². The molecule has 0 radical (unpaired) electrons. The molecule has 0 atom stereocenters. The van der Waals surface area contributed by atoms with Crippen LogP contribution in [0.25, 0.3) is 22.3 Å². The number of ether oxygens (including phenoxy) is 1. The molecule has 6 nitrogen and oxygen atoms in total. The van der Waals surface area contributed by atoms with Crippen LogP contribution in [-0.4, -0.2) is 27.1 Å². The Morgan fingerprint density at radius 3 is 2.73 bits per heavy atom. The van der Waals surface area contributed by atoms with Crippen LogP contribution in [0.15, 0.2) is 53.9 Å². The van der Waals surface area contributed by atoms with Crippen molar-refractivity contribution in [1.82, 2.24) is 14.6 Å². The van der Waals surface area contributed by atoms with Crippen molar-refractivity contribution in [3.63, 3.8) is 0 Å². The molecule has 0 aliphatic carbocycles. The lowest BCUT2D eigenvalue weighted by atomic mass is 10.0. The number of aromatic nitrogens is 3. The minimum absolute atomic E-state index is 0.282. The van der Waals surface area contributed by atoms with Crippen molar-refractivity contribution in [2.45, 2.75) is 20.8 Å². The lowest BCUT2D eigenvalue weighted by Gasteiger charge is -2.05. The smallest absolute Gasteiger partial charge is 0.250 e. The van der Waals surface area contributed by atoms with Gasteiger partial charge in [0.05, 0.1) is 12.3 Å². The summed E-state index contributed by atoms with van der Waals surface area (Å²) in [7, 11) is 0. The van der Waals surface area contributed by atoms with Crippen LogP contribution in [0.4, 0.5) is 5.95 Å². The number of nitrogens with one attached hydrogen (secondary N) is 1. The van der Waals surface area contributed by atoms with Gasteiger partial charge < -0.3 is 4.74 Å². The Bertz CT molecular complexity index is 1220. The summed E-state index contributed by atoms with van der Waals surface area (Å²) in [6.07, 6.45) is 3.21. The van der Waals surface area contributed by atoms with Crippen molar-refractivity contribution >= 4 is 34.2 Å². The summed E-state index contributed by atoms with van der Waals surface area (Å²) in [4.78, 5) is 17.4. The van der Waals surface area contributed by atoms with E-state index in [9.17, 15) is 4.79 Å². The molecule has 0 aliphatic rings. The fourth-order valence-corrected chi connectivity index (χ4v) is 4.01. The molecule has 0 saturated carbocycles. The Labute approximate surface area is 178 Å². The third-order valence-electron chi connectivity index (χ3n) is 4.59. The fourth-order valence-electron chi connectivity index (χ4n) is 3.19. The van der Waals surface area contributed by atoms with E-state index in [-0.39, 0.29) is 11.9 Å². The summed E-state index contributed by atoms with van der Waals surface area (Å²) in [6.45, 7) is 6.72. The third kappa shape index (κ3) is 4.26. The molecule has 2 aromatic carbocycles. The third-order valence-corrected chi connectivity index (χ3v) is 5.41. The van der Waals surface area contributed by atoms with Gasteiger partial charge in [-0.25, -0.2) is 4.52 Å². The van der Waals surface area contributed by atoms with Crippen molar-refractivity contribution in [3.8, 4) is 17.0 Å². The molecule has 0 saturated heterocycles. The van der Waals surface area contributed by atoms with Crippen LogP contribution in [0.1, 0.15) is 23.6 Å². The normalized spacial score (nSPS) is 11.3. The first-order chi connectivity index (χ1) is 14.5. The molecule has 30 heavy (non-hydrogen) atoms. The number of thiazole rings is 1. The van der Waals surface area contributed by atoms with Crippen molar-refractivity contribution in [2.24, 2.45) is 0 Å². The second-order valence-corrected chi connectivity index (χ2v) is 7.73. The van der Waals surface area contributed by atoms with Gasteiger partial charge in [-0.05, 0) is 50.1 Å². The summed E-state index contributed by atoms with van der Waals surface area (Å²) < 4.78 is 7.19. The highest BCUT2D eigenvalue weighted by Crippen LogP contribution is 2.28. The molecule has 0 unspecified atom stereocenters. The Hall–Kier alpha value is -3.45. The summed E-state index contributed by atoms with van der Waals surface area (Å²) in [5.41, 5.74) is 5.36. The van der Waals surface area contributed by atoms with E-state index in [1.165, 1.54) is 28.5 Å². The van der Waals surface area contributed by atoms with Gasteiger partial charge in [-0.2, -0.15) is 4.98 Å². The minimum Gasteiger partial charge on any atom is -0.494 e. The zero-order valence-corrected chi connectivity index (χ0v) is 17.9. The SMILES string of the molecule is CCOc1ccc(/C=C/C(=O)Nc2nc3scc(-c4ccc(C)cc4C)n3n2)cc1. The molecule has 7 heteroatoms. The van der Waals surface area contributed by atoms with Crippen molar-refractivity contribution in [3.05, 3.63) is 70.6 Å². The molecule has 1 N–H and O–H groups in total. The average molecular weight is 419 g/mol. The maximum atomic E-state index is 12.3. The molecule has 152 valence electrons. The highest BCUT2D eigenvalue weighted by Gasteiger charge is 2.14. The molecule has 4 rings (SSSR count). The Morgan fingerprint density at radius 1 is 1.20 bits per heavy atom. The number of rotatable bonds is 6. The largest absolute Gasteiger partial charge is 0.494 e. The van der Waals surface area contributed by atoms with Gasteiger partial charge in [0, 0.05) is 17.0 Å². The molecular formula is C23H22N4O2S. The second-order valence-electron chi connectivity index (χ2n) is 6.89. The second kappa shape index (κ2) is 8.51. The Balaban J connectivity index is 1.49. The zero-order valence-electron chi connectivity index (χ0n) is 17.0. The number of hydrogen-bond acceptors (Lipinski definition) is 5. The predicted molar refractivity (Wildman–Crippen MR) is 121 cm³/mol. The number of carbonyl (C=O) groups is 1. The standard InChI is InChI=1S/C23H22N4O2S/c1-4-29-18-9-6-17(7-10-18)8-12-21(28)24-22-25-23-27(26-22)20(14-30-23)19-11-5-15(2)13-16(19)3/h5-14H,4H2,1-3H3,(H,24,26,28)/b12-8+. The number of benzene rings is 2. The van der Waals surface area contributed by atoms with E-state index < -0.39 is 0 Å². The highest BCUT2D eigenvalue weighted by atomic mass is 32.1. The first-order valence-corrected chi connectivity index (χ1v) is 10.6. The summed E-state index contributed by atoms with van der Waals surface area (Å²) in [6, 6.07) is 13.9. The van der Waals surface area contributed by atoms with Gasteiger partial charge in [-0.3, -0.25) is 10.1 Å². The summed E-state index contributed by atoms with van der Waals surface area (Å²) in [5, 5.41) is 9.24. The van der Waals surface area contributed by atoms with Gasteiger partial charge in [0.1, 0.15) is 5.75 Å². The summed E-state index contributed by atoms with van der Waals surface area (Å²) in [5.74, 6) is 0.811.